The van der Waals surface area contributed by atoms with Crippen LogP contribution in [0.2, 0.25) is 0 Å². The van der Waals surface area contributed by atoms with E-state index >= 15 is 0 Å². The molecule has 6 nitrogen and oxygen atoms in total. The van der Waals surface area contributed by atoms with E-state index in [-0.39, 0.29) is 5.54 Å². The summed E-state index contributed by atoms with van der Waals surface area (Å²) in [5.74, 6) is 0. The van der Waals surface area contributed by atoms with Crippen molar-refractivity contribution in [2.24, 2.45) is 0 Å². The Kier molecular flexibility index (Phi) is 2.78. The Labute approximate surface area is 128 Å². The van der Waals surface area contributed by atoms with Crippen LogP contribution in [0, 0.1) is 11.3 Å². The summed E-state index contributed by atoms with van der Waals surface area (Å²) >= 11 is 0. The molecule has 3 aromatic rings. The third-order valence-corrected chi connectivity index (χ3v) is 4.38. The van der Waals surface area contributed by atoms with E-state index in [0.717, 1.165) is 35.2 Å². The topological polar surface area (TPSA) is 73.5 Å². The van der Waals surface area contributed by atoms with Crippen LogP contribution in [0.4, 0.5) is 0 Å². The summed E-state index contributed by atoms with van der Waals surface area (Å²) in [6.07, 6.45) is 8.09. The molecule has 1 fully saturated rings. The summed E-state index contributed by atoms with van der Waals surface area (Å²) < 4.78 is 1.96. The number of fused-ring (bicyclic) bond motifs is 1. The van der Waals surface area contributed by atoms with Crippen molar-refractivity contribution in [2.75, 3.05) is 20.1 Å². The Morgan fingerprint density at radius 3 is 3.05 bits per heavy atom. The lowest BCUT2D eigenvalue weighted by atomic mass is 9.87. The number of aromatic amines is 1. The Bertz CT molecular complexity index is 862. The van der Waals surface area contributed by atoms with Crippen molar-refractivity contribution < 1.29 is 0 Å². The second kappa shape index (κ2) is 4.68. The zero-order chi connectivity index (χ0) is 15.2. The Hall–Kier alpha value is -2.65. The number of hydrogen-bond donors (Lipinski definition) is 1. The number of nitriles is 1. The smallest absolute Gasteiger partial charge is 0.137 e. The molecule has 1 aliphatic heterocycles. The van der Waals surface area contributed by atoms with Gasteiger partial charge in [0.25, 0.3) is 0 Å². The fraction of sp³-hybridized carbons (Fsp3) is 0.312. The van der Waals surface area contributed by atoms with E-state index in [1.165, 1.54) is 0 Å². The fourth-order valence-corrected chi connectivity index (χ4v) is 3.38. The van der Waals surface area contributed by atoms with Crippen LogP contribution < -0.4 is 0 Å². The lowest BCUT2D eigenvalue weighted by Gasteiger charge is -2.47. The minimum Gasteiger partial charge on any atom is -0.346 e. The summed E-state index contributed by atoms with van der Waals surface area (Å²) in [7, 11) is 2.06. The van der Waals surface area contributed by atoms with Gasteiger partial charge in [-0.15, -0.1) is 0 Å². The number of pyridine rings is 1. The molecule has 0 radical (unpaired) electrons. The van der Waals surface area contributed by atoms with Crippen LogP contribution in [-0.2, 0) is 5.54 Å². The molecule has 0 atom stereocenters. The standard InChI is InChI=1S/C16H16N6/c1-21-10-16(11-21,4-5-17)22-9-12(8-20-22)13-2-6-18-15-14(13)3-7-19-15/h2-3,6-9H,4,10-11H2,1H3,(H,18,19). The monoisotopic (exact) mass is 292 g/mol. The first kappa shape index (κ1) is 13.0. The van der Waals surface area contributed by atoms with Gasteiger partial charge in [0.15, 0.2) is 0 Å². The molecule has 0 unspecified atom stereocenters. The predicted octanol–water partition coefficient (Wildman–Crippen LogP) is 1.98. The Morgan fingerprint density at radius 2 is 2.27 bits per heavy atom. The molecule has 4 heterocycles. The van der Waals surface area contributed by atoms with Crippen molar-refractivity contribution in [1.82, 2.24) is 24.6 Å². The van der Waals surface area contributed by atoms with Crippen molar-refractivity contribution in [1.29, 1.82) is 5.26 Å². The van der Waals surface area contributed by atoms with Gasteiger partial charge in [0.1, 0.15) is 11.2 Å². The number of nitrogens with one attached hydrogen (secondary N) is 1. The van der Waals surface area contributed by atoms with Gasteiger partial charge in [0.2, 0.25) is 0 Å². The van der Waals surface area contributed by atoms with Gasteiger partial charge in [-0.2, -0.15) is 10.4 Å². The maximum absolute atomic E-state index is 9.13. The van der Waals surface area contributed by atoms with Crippen LogP contribution in [0.3, 0.4) is 0 Å². The predicted molar refractivity (Wildman–Crippen MR) is 83.0 cm³/mol. The van der Waals surface area contributed by atoms with E-state index in [2.05, 4.69) is 33.1 Å². The molecular weight excluding hydrogens is 276 g/mol. The lowest BCUT2D eigenvalue weighted by molar-refractivity contribution is 0.0265. The van der Waals surface area contributed by atoms with E-state index in [0.29, 0.717) is 6.42 Å². The maximum atomic E-state index is 9.13. The van der Waals surface area contributed by atoms with E-state index in [9.17, 15) is 0 Å². The molecule has 1 aliphatic rings. The zero-order valence-electron chi connectivity index (χ0n) is 12.3. The van der Waals surface area contributed by atoms with Crippen molar-refractivity contribution in [3.8, 4) is 17.2 Å². The van der Waals surface area contributed by atoms with Crippen LogP contribution in [0.25, 0.3) is 22.2 Å². The molecule has 0 aromatic carbocycles. The number of H-pyrrole nitrogens is 1. The number of nitrogens with zero attached hydrogens (tertiary/aromatic N) is 5. The Morgan fingerprint density at radius 1 is 1.41 bits per heavy atom. The van der Waals surface area contributed by atoms with Crippen LogP contribution in [0.5, 0.6) is 0 Å². The largest absolute Gasteiger partial charge is 0.346 e. The molecule has 0 amide bonds. The van der Waals surface area contributed by atoms with Crippen molar-refractivity contribution >= 4 is 11.0 Å². The van der Waals surface area contributed by atoms with E-state index in [1.54, 1.807) is 6.20 Å². The molecule has 3 aromatic heterocycles. The maximum Gasteiger partial charge on any atom is 0.137 e. The molecule has 110 valence electrons. The fourth-order valence-electron chi connectivity index (χ4n) is 3.38. The third kappa shape index (κ3) is 1.83. The van der Waals surface area contributed by atoms with Crippen molar-refractivity contribution in [3.63, 3.8) is 0 Å². The average molecular weight is 292 g/mol. The van der Waals surface area contributed by atoms with Crippen LogP contribution in [0.15, 0.2) is 36.9 Å². The van der Waals surface area contributed by atoms with Gasteiger partial charge < -0.3 is 9.88 Å². The summed E-state index contributed by atoms with van der Waals surface area (Å²) in [6, 6.07) is 6.33. The molecule has 0 bridgehead atoms. The summed E-state index contributed by atoms with van der Waals surface area (Å²) in [6.45, 7) is 1.72. The highest BCUT2D eigenvalue weighted by Gasteiger charge is 2.43. The molecule has 6 heteroatoms. The molecule has 1 saturated heterocycles. The van der Waals surface area contributed by atoms with Gasteiger partial charge in [-0.25, -0.2) is 4.98 Å². The van der Waals surface area contributed by atoms with Gasteiger partial charge in [0, 0.05) is 42.6 Å². The van der Waals surface area contributed by atoms with E-state index in [1.807, 2.05) is 35.4 Å². The number of hydrogen-bond acceptors (Lipinski definition) is 4. The minimum absolute atomic E-state index is 0.188. The molecule has 4 rings (SSSR count). The molecule has 1 N–H and O–H groups in total. The average Bonchev–Trinajstić information content (AvgIpc) is 3.14. The van der Waals surface area contributed by atoms with Gasteiger partial charge in [0.05, 0.1) is 18.7 Å². The molecule has 0 saturated carbocycles. The van der Waals surface area contributed by atoms with Crippen molar-refractivity contribution in [3.05, 3.63) is 36.9 Å². The molecule has 22 heavy (non-hydrogen) atoms. The highest BCUT2D eigenvalue weighted by atomic mass is 15.4. The first-order valence-electron chi connectivity index (χ1n) is 7.25. The van der Waals surface area contributed by atoms with Gasteiger partial charge >= 0.3 is 0 Å². The zero-order valence-corrected chi connectivity index (χ0v) is 12.3. The minimum atomic E-state index is -0.188. The summed E-state index contributed by atoms with van der Waals surface area (Å²) in [5, 5.41) is 14.8. The number of rotatable bonds is 3. The van der Waals surface area contributed by atoms with Gasteiger partial charge in [-0.05, 0) is 24.7 Å². The van der Waals surface area contributed by atoms with Crippen molar-refractivity contribution in [2.45, 2.75) is 12.0 Å². The molecular formula is C16H16N6. The first-order chi connectivity index (χ1) is 10.7. The molecule has 0 spiro atoms. The van der Waals surface area contributed by atoms with E-state index < -0.39 is 0 Å². The number of aromatic nitrogens is 4. The Balaban J connectivity index is 1.76. The lowest BCUT2D eigenvalue weighted by Crippen LogP contribution is -2.61. The normalized spacial score (nSPS) is 17.3. The van der Waals surface area contributed by atoms with E-state index in [4.69, 9.17) is 5.26 Å². The van der Waals surface area contributed by atoms with Crippen LogP contribution in [-0.4, -0.2) is 44.8 Å². The SMILES string of the molecule is CN1CC(CC#N)(n2cc(-c3ccnc4[nH]ccc34)cn2)C1. The first-order valence-corrected chi connectivity index (χ1v) is 7.25. The summed E-state index contributed by atoms with van der Waals surface area (Å²) in [5.41, 5.74) is 2.85. The van der Waals surface area contributed by atoms with Gasteiger partial charge in [-0.3, -0.25) is 4.68 Å². The summed E-state index contributed by atoms with van der Waals surface area (Å²) in [4.78, 5) is 9.65. The third-order valence-electron chi connectivity index (χ3n) is 4.38. The highest BCUT2D eigenvalue weighted by molar-refractivity contribution is 5.92. The van der Waals surface area contributed by atoms with Crippen LogP contribution in [0.1, 0.15) is 6.42 Å². The second-order valence-corrected chi connectivity index (χ2v) is 6.00. The number of likely N-dealkylation sites (N-methyl/N-ethyl adjacent to an activating group) is 1. The quantitative estimate of drug-likeness (QED) is 0.801. The van der Waals surface area contributed by atoms with Crippen LogP contribution >= 0.6 is 0 Å². The van der Waals surface area contributed by atoms with Gasteiger partial charge in [-0.1, -0.05) is 0 Å². The number of likely N-dealkylation sites (tertiary alicyclic amines) is 1. The molecule has 0 aliphatic carbocycles. The second-order valence-electron chi connectivity index (χ2n) is 6.00. The highest BCUT2D eigenvalue weighted by Crippen LogP contribution is 2.33.